The number of cyclic esters (lactones) is 1. The van der Waals surface area contributed by atoms with E-state index >= 15 is 0 Å². The molecular formula is C17H22NO5P. The van der Waals surface area contributed by atoms with Crippen LogP contribution in [-0.4, -0.2) is 42.2 Å². The van der Waals surface area contributed by atoms with Gasteiger partial charge in [-0.1, -0.05) is 44.2 Å². The summed E-state index contributed by atoms with van der Waals surface area (Å²) < 4.78 is 10.0. The van der Waals surface area contributed by atoms with Crippen molar-refractivity contribution in [2.45, 2.75) is 26.3 Å². The Morgan fingerprint density at radius 1 is 1.29 bits per heavy atom. The molecule has 2 rings (SSSR count). The van der Waals surface area contributed by atoms with Crippen LogP contribution in [-0.2, 0) is 25.3 Å². The first-order valence-corrected chi connectivity index (χ1v) is 9.27. The number of hydrogen-bond acceptors (Lipinski definition) is 5. The molecule has 0 aromatic heterocycles. The highest BCUT2D eigenvalue weighted by atomic mass is 31.1. The van der Waals surface area contributed by atoms with Gasteiger partial charge in [-0.15, -0.1) is 0 Å². The minimum Gasteiger partial charge on any atom is -0.448 e. The molecule has 7 heteroatoms. The Labute approximate surface area is 143 Å². The normalized spacial score (nSPS) is 20.0. The zero-order valence-corrected chi connectivity index (χ0v) is 15.0. The lowest BCUT2D eigenvalue weighted by atomic mass is 9.94. The molecule has 1 fully saturated rings. The van der Waals surface area contributed by atoms with E-state index in [1.807, 2.05) is 30.3 Å². The van der Waals surface area contributed by atoms with Crippen molar-refractivity contribution >= 4 is 26.8 Å². The molecule has 0 N–H and O–H groups in total. The Morgan fingerprint density at radius 3 is 2.58 bits per heavy atom. The van der Waals surface area contributed by atoms with Gasteiger partial charge in [-0.3, -0.25) is 9.59 Å². The van der Waals surface area contributed by atoms with E-state index in [4.69, 9.17) is 9.26 Å². The number of imide groups is 1. The van der Waals surface area contributed by atoms with Gasteiger partial charge in [-0.25, -0.2) is 9.69 Å². The van der Waals surface area contributed by atoms with Crippen LogP contribution in [0.4, 0.5) is 4.79 Å². The number of benzene rings is 1. The molecule has 0 bridgehead atoms. The Balaban J connectivity index is 2.10. The van der Waals surface area contributed by atoms with Crippen molar-refractivity contribution in [3.05, 3.63) is 35.9 Å². The van der Waals surface area contributed by atoms with Crippen LogP contribution in [0, 0.1) is 11.8 Å². The lowest BCUT2D eigenvalue weighted by molar-refractivity contribution is -0.145. The topological polar surface area (TPSA) is 72.9 Å². The molecule has 1 aliphatic rings. The van der Waals surface area contributed by atoms with Crippen LogP contribution in [0.25, 0.3) is 0 Å². The second-order valence-electron chi connectivity index (χ2n) is 5.83. The van der Waals surface area contributed by atoms with Gasteiger partial charge in [-0.2, -0.15) is 0 Å². The number of nitrogens with zero attached hydrogens (tertiary/aromatic N) is 1. The van der Waals surface area contributed by atoms with Crippen LogP contribution >= 0.6 is 8.81 Å². The molecule has 4 unspecified atom stereocenters. The fraction of sp³-hybridized carbons (Fsp3) is 0.471. The summed E-state index contributed by atoms with van der Waals surface area (Å²) in [5.41, 5.74) is 1.02. The van der Waals surface area contributed by atoms with Crippen molar-refractivity contribution in [2.75, 3.05) is 13.3 Å². The molecule has 0 radical (unpaired) electrons. The smallest absolute Gasteiger partial charge is 0.416 e. The first kappa shape index (κ1) is 18.4. The summed E-state index contributed by atoms with van der Waals surface area (Å²) in [6, 6.07) is 9.25. The molecule has 4 atom stereocenters. The first-order valence-electron chi connectivity index (χ1n) is 7.86. The minimum absolute atomic E-state index is 0.0298. The molecule has 0 saturated carbocycles. The van der Waals surface area contributed by atoms with E-state index in [1.54, 1.807) is 20.5 Å². The monoisotopic (exact) mass is 351 g/mol. The summed E-state index contributed by atoms with van der Waals surface area (Å²) in [5, 5.41) is 0. The number of carbonyl (C=O) groups is 3. The van der Waals surface area contributed by atoms with Gasteiger partial charge < -0.3 is 9.26 Å². The van der Waals surface area contributed by atoms with Crippen LogP contribution in [0.3, 0.4) is 0 Å². The average Bonchev–Trinajstić information content (AvgIpc) is 2.94. The molecule has 0 aliphatic carbocycles. The predicted octanol–water partition coefficient (Wildman–Crippen LogP) is 2.62. The fourth-order valence-corrected chi connectivity index (χ4v) is 2.98. The predicted molar refractivity (Wildman–Crippen MR) is 90.8 cm³/mol. The second kappa shape index (κ2) is 8.25. The zero-order valence-electron chi connectivity index (χ0n) is 14.0. The molecule has 1 saturated heterocycles. The molecule has 24 heavy (non-hydrogen) atoms. The number of rotatable bonds is 6. The zero-order chi connectivity index (χ0) is 17.7. The van der Waals surface area contributed by atoms with Gasteiger partial charge in [0.25, 0.3) is 0 Å². The largest absolute Gasteiger partial charge is 0.448 e. The Morgan fingerprint density at radius 2 is 1.96 bits per heavy atom. The number of hydrogen-bond donors (Lipinski definition) is 0. The minimum atomic E-state index is -0.655. The third-order valence-electron chi connectivity index (χ3n) is 4.23. The lowest BCUT2D eigenvalue weighted by Crippen LogP contribution is -2.45. The molecule has 1 aromatic carbocycles. The quantitative estimate of drug-likeness (QED) is 0.737. The van der Waals surface area contributed by atoms with Gasteiger partial charge >= 0.3 is 12.1 Å². The summed E-state index contributed by atoms with van der Waals surface area (Å²) in [7, 11) is 0.0298. The van der Waals surface area contributed by atoms with Crippen molar-refractivity contribution < 1.29 is 23.6 Å². The first-order chi connectivity index (χ1) is 11.5. The van der Waals surface area contributed by atoms with Crippen LogP contribution < -0.4 is 0 Å². The van der Waals surface area contributed by atoms with Crippen molar-refractivity contribution in [1.82, 2.24) is 4.90 Å². The summed E-state index contributed by atoms with van der Waals surface area (Å²) in [5.74, 6) is -2.10. The third kappa shape index (κ3) is 4.12. The van der Waals surface area contributed by atoms with Gasteiger partial charge in [0.05, 0.1) is 20.8 Å². The van der Waals surface area contributed by atoms with Crippen molar-refractivity contribution in [3.63, 3.8) is 0 Å². The Kier molecular flexibility index (Phi) is 6.32. The molecule has 1 aliphatic heterocycles. The van der Waals surface area contributed by atoms with Gasteiger partial charge in [0.2, 0.25) is 5.91 Å². The average molecular weight is 351 g/mol. The molecule has 6 nitrogen and oxygen atoms in total. The van der Waals surface area contributed by atoms with Crippen molar-refractivity contribution in [2.24, 2.45) is 11.8 Å². The molecule has 0 spiro atoms. The molecular weight excluding hydrogens is 329 g/mol. The Bertz CT molecular complexity index is 606. The van der Waals surface area contributed by atoms with E-state index in [0.717, 1.165) is 10.5 Å². The number of carbonyl (C=O) groups excluding carboxylic acids is 3. The highest BCUT2D eigenvalue weighted by Crippen LogP contribution is 2.24. The third-order valence-corrected chi connectivity index (χ3v) is 4.63. The molecule has 2 amide bonds. The summed E-state index contributed by atoms with van der Waals surface area (Å²) in [6.45, 7) is 5.18. The van der Waals surface area contributed by atoms with Gasteiger partial charge in [0, 0.05) is 5.92 Å². The molecule has 1 aromatic rings. The van der Waals surface area contributed by atoms with E-state index in [9.17, 15) is 14.4 Å². The van der Waals surface area contributed by atoms with Crippen LogP contribution in [0.1, 0.15) is 19.4 Å². The SMILES string of the molecule is CPOC(=O)C(C)C(C)C(=O)N1C(=O)OCC1Cc1ccccc1. The highest BCUT2D eigenvalue weighted by molar-refractivity contribution is 7.31. The van der Waals surface area contributed by atoms with Gasteiger partial charge in [-0.05, 0) is 18.6 Å². The van der Waals surface area contributed by atoms with Crippen molar-refractivity contribution in [1.29, 1.82) is 0 Å². The van der Waals surface area contributed by atoms with E-state index < -0.39 is 29.8 Å². The number of amides is 2. The maximum Gasteiger partial charge on any atom is 0.416 e. The van der Waals surface area contributed by atoms with Crippen LogP contribution in [0.2, 0.25) is 0 Å². The lowest BCUT2D eigenvalue weighted by Gasteiger charge is -2.25. The van der Waals surface area contributed by atoms with E-state index in [-0.39, 0.29) is 21.5 Å². The molecule has 1 heterocycles. The van der Waals surface area contributed by atoms with E-state index in [0.29, 0.717) is 6.42 Å². The number of ether oxygens (including phenoxy) is 1. The van der Waals surface area contributed by atoms with E-state index in [1.165, 1.54) is 0 Å². The maximum atomic E-state index is 12.7. The standard InChI is InChI=1S/C17H22NO5P/c1-11(12(2)16(20)23-24-3)15(19)18-14(10-22-17(18)21)9-13-7-5-4-6-8-13/h4-8,11-12,14,24H,9-10H2,1-3H3. The molecule has 130 valence electrons. The van der Waals surface area contributed by atoms with Crippen LogP contribution in [0.15, 0.2) is 30.3 Å². The fourth-order valence-electron chi connectivity index (χ4n) is 2.60. The van der Waals surface area contributed by atoms with Crippen molar-refractivity contribution in [3.8, 4) is 0 Å². The summed E-state index contributed by atoms with van der Waals surface area (Å²) in [4.78, 5) is 37.7. The van der Waals surface area contributed by atoms with Gasteiger partial charge in [0.15, 0.2) is 0 Å². The maximum absolute atomic E-state index is 12.7. The van der Waals surface area contributed by atoms with Crippen LogP contribution in [0.5, 0.6) is 0 Å². The highest BCUT2D eigenvalue weighted by Gasteiger charge is 2.42. The summed E-state index contributed by atoms with van der Waals surface area (Å²) >= 11 is 0. The van der Waals surface area contributed by atoms with Gasteiger partial charge in [0.1, 0.15) is 6.61 Å². The second-order valence-corrected chi connectivity index (χ2v) is 6.44. The summed E-state index contributed by atoms with van der Waals surface area (Å²) in [6.07, 6.45) is -0.119. The van der Waals surface area contributed by atoms with E-state index in [2.05, 4.69) is 0 Å². The Hall–Kier alpha value is -1.94.